The minimum Gasteiger partial charge on any atom is -0.394 e. The van der Waals surface area contributed by atoms with Gasteiger partial charge in [0.25, 0.3) is 0 Å². The Morgan fingerprint density at radius 3 is 2.43 bits per heavy atom. The molecule has 4 unspecified atom stereocenters. The van der Waals surface area contributed by atoms with Crippen molar-refractivity contribution in [1.82, 2.24) is 5.43 Å². The van der Waals surface area contributed by atoms with Crippen LogP contribution in [0.15, 0.2) is 23.8 Å². The fourth-order valence-corrected chi connectivity index (χ4v) is 3.30. The van der Waals surface area contributed by atoms with Crippen LogP contribution in [0.5, 0.6) is 0 Å². The average Bonchev–Trinajstić information content (AvgIpc) is 2.89. The summed E-state index contributed by atoms with van der Waals surface area (Å²) in [6.45, 7) is 7.36. The lowest BCUT2D eigenvalue weighted by atomic mass is 9.88. The first-order valence-corrected chi connectivity index (χ1v) is 8.04. The Morgan fingerprint density at radius 2 is 2.00 bits per heavy atom. The Kier molecular flexibility index (Phi) is 6.52. The standard InChI is InChI=1S/C17H32FN3O2/c1-15(2,3)9-12(21-20)8-14-16(4,6-5-7-18)17(14,19)10-13(23)11-22/h5-6,8,12-13,21-23H,7,9-11,19-20H2,1-4H3/b6-5-,14-8-. The minimum atomic E-state index is -0.907. The summed E-state index contributed by atoms with van der Waals surface area (Å²) in [5, 5.41) is 18.9. The maximum absolute atomic E-state index is 12.5. The molecule has 7 N–H and O–H groups in total. The summed E-state index contributed by atoms with van der Waals surface area (Å²) >= 11 is 0. The van der Waals surface area contributed by atoms with E-state index in [0.29, 0.717) is 0 Å². The smallest absolute Gasteiger partial charge is 0.108 e. The van der Waals surface area contributed by atoms with E-state index in [1.54, 1.807) is 6.08 Å². The fourth-order valence-electron chi connectivity index (χ4n) is 3.30. The molecule has 0 aromatic rings. The first-order chi connectivity index (χ1) is 10.5. The van der Waals surface area contributed by atoms with Gasteiger partial charge in [-0.1, -0.05) is 45.9 Å². The second kappa shape index (κ2) is 7.40. The topological polar surface area (TPSA) is 105 Å². The third kappa shape index (κ3) is 4.61. The van der Waals surface area contributed by atoms with Crippen molar-refractivity contribution in [3.05, 3.63) is 23.8 Å². The summed E-state index contributed by atoms with van der Waals surface area (Å²) in [6, 6.07) is -0.0696. The van der Waals surface area contributed by atoms with E-state index < -0.39 is 23.7 Å². The molecule has 5 nitrogen and oxygen atoms in total. The third-order valence-corrected chi connectivity index (χ3v) is 4.63. The van der Waals surface area contributed by atoms with Crippen molar-refractivity contribution in [2.24, 2.45) is 22.4 Å². The maximum Gasteiger partial charge on any atom is 0.108 e. The Morgan fingerprint density at radius 1 is 1.39 bits per heavy atom. The van der Waals surface area contributed by atoms with Crippen LogP contribution in [0, 0.1) is 10.8 Å². The van der Waals surface area contributed by atoms with Gasteiger partial charge in [-0.2, -0.15) is 0 Å². The highest BCUT2D eigenvalue weighted by Gasteiger charge is 2.66. The highest BCUT2D eigenvalue weighted by atomic mass is 19.1. The lowest BCUT2D eigenvalue weighted by Crippen LogP contribution is -2.37. The number of aliphatic hydroxyl groups excluding tert-OH is 2. The zero-order chi connectivity index (χ0) is 17.9. The molecule has 4 atom stereocenters. The first-order valence-electron chi connectivity index (χ1n) is 8.04. The number of hydrogen-bond acceptors (Lipinski definition) is 5. The molecule has 0 aromatic heterocycles. The quantitative estimate of drug-likeness (QED) is 0.261. The number of halogens is 1. The molecule has 23 heavy (non-hydrogen) atoms. The molecular weight excluding hydrogens is 297 g/mol. The van der Waals surface area contributed by atoms with Gasteiger partial charge in [0.05, 0.1) is 18.2 Å². The molecule has 0 saturated heterocycles. The van der Waals surface area contributed by atoms with Gasteiger partial charge in [0.1, 0.15) is 6.67 Å². The molecule has 0 heterocycles. The van der Waals surface area contributed by atoms with E-state index in [0.717, 1.165) is 12.0 Å². The van der Waals surface area contributed by atoms with Crippen molar-refractivity contribution >= 4 is 0 Å². The molecule has 1 fully saturated rings. The summed E-state index contributed by atoms with van der Waals surface area (Å²) in [6.07, 6.45) is 5.29. The monoisotopic (exact) mass is 329 g/mol. The molecule has 1 aliphatic carbocycles. The van der Waals surface area contributed by atoms with Crippen LogP contribution in [0.4, 0.5) is 4.39 Å². The van der Waals surface area contributed by atoms with Crippen LogP contribution in [-0.2, 0) is 0 Å². The van der Waals surface area contributed by atoms with E-state index in [1.807, 2.05) is 13.0 Å². The van der Waals surface area contributed by atoms with Crippen molar-refractivity contribution in [1.29, 1.82) is 0 Å². The van der Waals surface area contributed by atoms with Gasteiger partial charge < -0.3 is 15.9 Å². The summed E-state index contributed by atoms with van der Waals surface area (Å²) < 4.78 is 12.5. The molecule has 0 aliphatic heterocycles. The number of hydrogen-bond donors (Lipinski definition) is 5. The Hall–Kier alpha value is -0.790. The molecule has 134 valence electrons. The van der Waals surface area contributed by atoms with Crippen molar-refractivity contribution in [2.45, 2.75) is 58.2 Å². The van der Waals surface area contributed by atoms with Crippen molar-refractivity contribution in [3.63, 3.8) is 0 Å². The van der Waals surface area contributed by atoms with Gasteiger partial charge >= 0.3 is 0 Å². The molecule has 0 amide bonds. The predicted molar refractivity (Wildman–Crippen MR) is 91.1 cm³/mol. The van der Waals surface area contributed by atoms with Crippen LogP contribution in [0.25, 0.3) is 0 Å². The Labute approximate surface area is 138 Å². The van der Waals surface area contributed by atoms with E-state index in [2.05, 4.69) is 26.2 Å². The number of nitrogens with two attached hydrogens (primary N) is 2. The van der Waals surface area contributed by atoms with Crippen molar-refractivity contribution < 1.29 is 14.6 Å². The second-order valence-electron chi connectivity index (χ2n) is 7.89. The molecule has 6 heteroatoms. The van der Waals surface area contributed by atoms with Gasteiger partial charge in [-0.3, -0.25) is 11.3 Å². The molecule has 0 radical (unpaired) electrons. The van der Waals surface area contributed by atoms with Crippen LogP contribution in [0.1, 0.15) is 40.5 Å². The van der Waals surface area contributed by atoms with Gasteiger partial charge in [-0.25, -0.2) is 4.39 Å². The molecular formula is C17H32FN3O2. The number of hydrazine groups is 1. The average molecular weight is 329 g/mol. The molecule has 0 aromatic carbocycles. The van der Waals surface area contributed by atoms with Crippen LogP contribution in [0.3, 0.4) is 0 Å². The van der Waals surface area contributed by atoms with Gasteiger partial charge in [0.15, 0.2) is 0 Å². The van der Waals surface area contributed by atoms with E-state index in [1.165, 1.54) is 6.08 Å². The molecule has 1 saturated carbocycles. The summed E-state index contributed by atoms with van der Waals surface area (Å²) in [5.41, 5.74) is 8.91. The van der Waals surface area contributed by atoms with Crippen LogP contribution in [-0.4, -0.2) is 41.2 Å². The van der Waals surface area contributed by atoms with Crippen LogP contribution < -0.4 is 17.0 Å². The predicted octanol–water partition coefficient (Wildman–Crippen LogP) is 1.17. The van der Waals surface area contributed by atoms with E-state index in [-0.39, 0.29) is 24.5 Å². The zero-order valence-electron chi connectivity index (χ0n) is 14.6. The SMILES string of the molecule is CC(C)(C)CC(/C=C1/C(C)(/C=C\CF)C1(N)CC(O)CO)NN. The molecule has 1 rings (SSSR count). The highest BCUT2D eigenvalue weighted by molar-refractivity contribution is 5.55. The minimum absolute atomic E-state index is 0.0696. The van der Waals surface area contributed by atoms with Crippen molar-refractivity contribution in [2.75, 3.05) is 13.3 Å². The highest BCUT2D eigenvalue weighted by Crippen LogP contribution is 2.63. The Balaban J connectivity index is 3.08. The normalized spacial score (nSPS) is 32.5. The summed E-state index contributed by atoms with van der Waals surface area (Å²) in [4.78, 5) is 0. The van der Waals surface area contributed by atoms with Gasteiger partial charge in [0.2, 0.25) is 0 Å². The number of allylic oxidation sites excluding steroid dienone is 1. The molecule has 1 aliphatic rings. The summed E-state index contributed by atoms with van der Waals surface area (Å²) in [5.74, 6) is 5.66. The zero-order valence-corrected chi connectivity index (χ0v) is 14.6. The van der Waals surface area contributed by atoms with Crippen molar-refractivity contribution in [3.8, 4) is 0 Å². The molecule has 0 spiro atoms. The van der Waals surface area contributed by atoms with E-state index in [9.17, 15) is 9.50 Å². The number of alkyl halides is 1. The maximum atomic E-state index is 12.5. The lowest BCUT2D eigenvalue weighted by Gasteiger charge is -2.23. The van der Waals surface area contributed by atoms with Gasteiger partial charge in [-0.15, -0.1) is 0 Å². The number of nitrogens with one attached hydrogen (secondary N) is 1. The van der Waals surface area contributed by atoms with Crippen LogP contribution >= 0.6 is 0 Å². The van der Waals surface area contributed by atoms with Crippen LogP contribution in [0.2, 0.25) is 0 Å². The first kappa shape index (κ1) is 20.3. The lowest BCUT2D eigenvalue weighted by molar-refractivity contribution is 0.0781. The largest absolute Gasteiger partial charge is 0.394 e. The van der Waals surface area contributed by atoms with Gasteiger partial charge in [-0.05, 0) is 23.8 Å². The fraction of sp³-hybridized carbons (Fsp3) is 0.765. The number of aliphatic hydroxyl groups is 2. The van der Waals surface area contributed by atoms with E-state index in [4.69, 9.17) is 16.7 Å². The third-order valence-electron chi connectivity index (χ3n) is 4.63. The second-order valence-corrected chi connectivity index (χ2v) is 7.89. The Bertz CT molecular complexity index is 461. The van der Waals surface area contributed by atoms with E-state index >= 15 is 0 Å². The number of rotatable bonds is 8. The molecule has 0 bridgehead atoms. The van der Waals surface area contributed by atoms with Gasteiger partial charge in [0, 0.05) is 11.5 Å². The summed E-state index contributed by atoms with van der Waals surface area (Å²) in [7, 11) is 0.